The van der Waals surface area contributed by atoms with Crippen LogP contribution in [-0.4, -0.2) is 11.1 Å². The third-order valence-corrected chi connectivity index (χ3v) is 4.03. The van der Waals surface area contributed by atoms with Gasteiger partial charge in [0.2, 0.25) is 0 Å². The van der Waals surface area contributed by atoms with Gasteiger partial charge in [0.15, 0.2) is 0 Å². The summed E-state index contributed by atoms with van der Waals surface area (Å²) in [5, 5.41) is 8.62. The number of carbonyl (C=O) groups is 1. The SMILES string of the molecule is CCCCCCCCCCCC=CCC(C)CCC(=O)O. The Kier molecular flexibility index (Phi) is 15.0. The molecular formula is C19H36O2. The second-order valence-electron chi connectivity index (χ2n) is 6.36. The van der Waals surface area contributed by atoms with Crippen molar-refractivity contribution in [3.05, 3.63) is 12.2 Å². The maximum Gasteiger partial charge on any atom is 0.303 e. The van der Waals surface area contributed by atoms with Crippen LogP contribution in [0.25, 0.3) is 0 Å². The summed E-state index contributed by atoms with van der Waals surface area (Å²) in [6, 6.07) is 0. The Morgan fingerprint density at radius 1 is 0.952 bits per heavy atom. The zero-order valence-corrected chi connectivity index (χ0v) is 14.3. The number of rotatable bonds is 15. The molecule has 0 rings (SSSR count). The fourth-order valence-corrected chi connectivity index (χ4v) is 2.51. The van der Waals surface area contributed by atoms with Gasteiger partial charge in [0, 0.05) is 6.42 Å². The monoisotopic (exact) mass is 296 g/mol. The van der Waals surface area contributed by atoms with Crippen LogP contribution in [0, 0.1) is 5.92 Å². The molecule has 1 unspecified atom stereocenters. The molecule has 0 heterocycles. The first-order valence-corrected chi connectivity index (χ1v) is 9.03. The highest BCUT2D eigenvalue weighted by Gasteiger charge is 2.03. The largest absolute Gasteiger partial charge is 0.481 e. The summed E-state index contributed by atoms with van der Waals surface area (Å²) in [6.07, 6.45) is 20.2. The van der Waals surface area contributed by atoms with Gasteiger partial charge in [-0.25, -0.2) is 0 Å². The van der Waals surface area contributed by atoms with E-state index in [1.165, 1.54) is 64.2 Å². The van der Waals surface area contributed by atoms with E-state index < -0.39 is 5.97 Å². The lowest BCUT2D eigenvalue weighted by molar-refractivity contribution is -0.137. The van der Waals surface area contributed by atoms with Crippen LogP contribution in [0.15, 0.2) is 12.2 Å². The van der Waals surface area contributed by atoms with Crippen molar-refractivity contribution >= 4 is 5.97 Å². The lowest BCUT2D eigenvalue weighted by Gasteiger charge is -2.05. The Morgan fingerprint density at radius 2 is 1.52 bits per heavy atom. The minimum absolute atomic E-state index is 0.299. The molecule has 0 aromatic carbocycles. The average molecular weight is 296 g/mol. The molecule has 1 N–H and O–H groups in total. The summed E-state index contributed by atoms with van der Waals surface area (Å²) in [4.78, 5) is 10.5. The van der Waals surface area contributed by atoms with Crippen LogP contribution in [-0.2, 0) is 4.79 Å². The number of hydrogen-bond acceptors (Lipinski definition) is 1. The molecule has 0 aromatic heterocycles. The van der Waals surface area contributed by atoms with Gasteiger partial charge in [-0.1, -0.05) is 77.4 Å². The van der Waals surface area contributed by atoms with Gasteiger partial charge in [-0.15, -0.1) is 0 Å². The summed E-state index contributed by atoms with van der Waals surface area (Å²) in [5.74, 6) is -0.194. The summed E-state index contributed by atoms with van der Waals surface area (Å²) >= 11 is 0. The van der Waals surface area contributed by atoms with Crippen molar-refractivity contribution in [3.8, 4) is 0 Å². The molecule has 21 heavy (non-hydrogen) atoms. The van der Waals surface area contributed by atoms with E-state index in [9.17, 15) is 4.79 Å². The summed E-state index contributed by atoms with van der Waals surface area (Å²) in [6.45, 7) is 4.40. The maximum atomic E-state index is 10.5. The van der Waals surface area contributed by atoms with Crippen LogP contribution < -0.4 is 0 Å². The lowest BCUT2D eigenvalue weighted by atomic mass is 10.0. The minimum Gasteiger partial charge on any atom is -0.481 e. The molecule has 0 saturated heterocycles. The van der Waals surface area contributed by atoms with Crippen LogP contribution in [0.3, 0.4) is 0 Å². The second kappa shape index (κ2) is 15.6. The van der Waals surface area contributed by atoms with Gasteiger partial charge in [0.25, 0.3) is 0 Å². The Balaban J connectivity index is 3.23. The first-order chi connectivity index (χ1) is 10.2. The van der Waals surface area contributed by atoms with Crippen molar-refractivity contribution in [2.24, 2.45) is 5.92 Å². The van der Waals surface area contributed by atoms with Crippen molar-refractivity contribution in [1.29, 1.82) is 0 Å². The van der Waals surface area contributed by atoms with Crippen molar-refractivity contribution < 1.29 is 9.90 Å². The smallest absolute Gasteiger partial charge is 0.303 e. The van der Waals surface area contributed by atoms with Gasteiger partial charge in [0.05, 0.1) is 0 Å². The van der Waals surface area contributed by atoms with Crippen LogP contribution >= 0.6 is 0 Å². The topological polar surface area (TPSA) is 37.3 Å². The molecule has 0 aliphatic carbocycles. The molecule has 0 spiro atoms. The molecule has 0 amide bonds. The Bertz CT molecular complexity index is 258. The quantitative estimate of drug-likeness (QED) is 0.282. The molecule has 0 saturated carbocycles. The van der Waals surface area contributed by atoms with E-state index in [0.717, 1.165) is 12.8 Å². The number of carboxylic acid groups (broad SMARTS) is 1. The minimum atomic E-state index is -0.680. The zero-order valence-electron chi connectivity index (χ0n) is 14.3. The second-order valence-corrected chi connectivity index (χ2v) is 6.36. The molecule has 2 nitrogen and oxygen atoms in total. The number of allylic oxidation sites excluding steroid dienone is 2. The fourth-order valence-electron chi connectivity index (χ4n) is 2.51. The van der Waals surface area contributed by atoms with Gasteiger partial charge in [-0.2, -0.15) is 0 Å². The van der Waals surface area contributed by atoms with Gasteiger partial charge in [-0.3, -0.25) is 4.79 Å². The molecular weight excluding hydrogens is 260 g/mol. The van der Waals surface area contributed by atoms with Gasteiger partial charge in [0.1, 0.15) is 0 Å². The molecule has 0 fully saturated rings. The third-order valence-electron chi connectivity index (χ3n) is 4.03. The molecule has 0 aliphatic heterocycles. The van der Waals surface area contributed by atoms with Crippen LogP contribution in [0.4, 0.5) is 0 Å². The maximum absolute atomic E-state index is 10.5. The van der Waals surface area contributed by atoms with E-state index in [0.29, 0.717) is 12.3 Å². The number of carboxylic acids is 1. The highest BCUT2D eigenvalue weighted by molar-refractivity contribution is 5.66. The number of hydrogen-bond donors (Lipinski definition) is 1. The zero-order chi connectivity index (χ0) is 15.8. The highest BCUT2D eigenvalue weighted by Crippen LogP contribution is 2.13. The van der Waals surface area contributed by atoms with Crippen LogP contribution in [0.2, 0.25) is 0 Å². The molecule has 0 bridgehead atoms. The van der Waals surface area contributed by atoms with Crippen LogP contribution in [0.5, 0.6) is 0 Å². The number of aliphatic carboxylic acids is 1. The van der Waals surface area contributed by atoms with Gasteiger partial charge < -0.3 is 5.11 Å². The predicted octanol–water partition coefficient (Wildman–Crippen LogP) is 6.35. The van der Waals surface area contributed by atoms with Gasteiger partial charge in [-0.05, 0) is 31.6 Å². The summed E-state index contributed by atoms with van der Waals surface area (Å²) in [5.41, 5.74) is 0. The Morgan fingerprint density at radius 3 is 2.10 bits per heavy atom. The first-order valence-electron chi connectivity index (χ1n) is 9.03. The van der Waals surface area contributed by atoms with E-state index in [1.807, 2.05) is 0 Å². The highest BCUT2D eigenvalue weighted by atomic mass is 16.4. The summed E-state index contributed by atoms with van der Waals surface area (Å²) in [7, 11) is 0. The molecule has 2 heteroatoms. The summed E-state index contributed by atoms with van der Waals surface area (Å²) < 4.78 is 0. The van der Waals surface area contributed by atoms with Crippen molar-refractivity contribution in [2.45, 2.75) is 97.3 Å². The standard InChI is InChI=1S/C19H36O2/c1-3-4-5-6-7-8-9-10-11-12-13-14-15-18(2)16-17-19(20)21/h13-14,18H,3-12,15-17H2,1-2H3,(H,20,21). The van der Waals surface area contributed by atoms with Crippen molar-refractivity contribution in [2.75, 3.05) is 0 Å². The van der Waals surface area contributed by atoms with Crippen molar-refractivity contribution in [1.82, 2.24) is 0 Å². The molecule has 124 valence electrons. The van der Waals surface area contributed by atoms with Crippen LogP contribution in [0.1, 0.15) is 97.3 Å². The Hall–Kier alpha value is -0.790. The average Bonchev–Trinajstić information content (AvgIpc) is 2.46. The van der Waals surface area contributed by atoms with Gasteiger partial charge >= 0.3 is 5.97 Å². The normalized spacial score (nSPS) is 12.9. The Labute approximate surface area is 132 Å². The molecule has 0 aromatic rings. The van der Waals surface area contributed by atoms with E-state index in [-0.39, 0.29) is 0 Å². The lowest BCUT2D eigenvalue weighted by Crippen LogP contribution is -1.99. The molecule has 0 aliphatic rings. The third kappa shape index (κ3) is 17.2. The van der Waals surface area contributed by atoms with E-state index >= 15 is 0 Å². The molecule has 0 radical (unpaired) electrons. The first kappa shape index (κ1) is 20.2. The fraction of sp³-hybridized carbons (Fsp3) is 0.842. The number of unbranched alkanes of at least 4 members (excludes halogenated alkanes) is 9. The van der Waals surface area contributed by atoms with E-state index in [4.69, 9.17) is 5.11 Å². The predicted molar refractivity (Wildman–Crippen MR) is 91.6 cm³/mol. The van der Waals surface area contributed by atoms with E-state index in [2.05, 4.69) is 26.0 Å². The van der Waals surface area contributed by atoms with Crippen molar-refractivity contribution in [3.63, 3.8) is 0 Å². The molecule has 1 atom stereocenters. The van der Waals surface area contributed by atoms with E-state index in [1.54, 1.807) is 0 Å².